The smallest absolute Gasteiger partial charge is 0.243 e. The van der Waals surface area contributed by atoms with Gasteiger partial charge in [0.15, 0.2) is 0 Å². The van der Waals surface area contributed by atoms with E-state index in [1.807, 2.05) is 6.07 Å². The first-order chi connectivity index (χ1) is 15.8. The number of rotatable bonds is 7. The van der Waals surface area contributed by atoms with E-state index in [1.165, 1.54) is 15.4 Å². The van der Waals surface area contributed by atoms with Crippen molar-refractivity contribution in [3.8, 4) is 0 Å². The van der Waals surface area contributed by atoms with Crippen molar-refractivity contribution in [1.82, 2.24) is 9.62 Å². The molecule has 1 N–H and O–H groups in total. The van der Waals surface area contributed by atoms with Gasteiger partial charge >= 0.3 is 0 Å². The highest BCUT2D eigenvalue weighted by molar-refractivity contribution is 7.89. The third kappa shape index (κ3) is 4.98. The number of carbonyl (C=O) groups excluding carboxylic acids is 1. The van der Waals surface area contributed by atoms with Gasteiger partial charge in [-0.1, -0.05) is 32.0 Å². The zero-order valence-corrected chi connectivity index (χ0v) is 20.1. The second-order valence-electron chi connectivity index (χ2n) is 8.70. The summed E-state index contributed by atoms with van der Waals surface area (Å²) in [5.41, 5.74) is 4.54. The van der Waals surface area contributed by atoms with Gasteiger partial charge in [-0.05, 0) is 47.7 Å². The molecule has 1 aliphatic rings. The van der Waals surface area contributed by atoms with Crippen LogP contribution in [-0.2, 0) is 32.5 Å². The van der Waals surface area contributed by atoms with E-state index in [4.69, 9.17) is 9.15 Å². The fourth-order valence-electron chi connectivity index (χ4n) is 4.26. The molecule has 4 rings (SSSR count). The fraction of sp³-hybridized carbons (Fsp3) is 0.400. The predicted molar refractivity (Wildman–Crippen MR) is 127 cm³/mol. The lowest BCUT2D eigenvalue weighted by Gasteiger charge is -2.27. The number of nitrogens with one attached hydrogen (secondary N) is 1. The summed E-state index contributed by atoms with van der Waals surface area (Å²) < 4.78 is 38.6. The van der Waals surface area contributed by atoms with Gasteiger partial charge in [-0.2, -0.15) is 4.31 Å². The summed E-state index contributed by atoms with van der Waals surface area (Å²) in [6.07, 6.45) is 1.79. The van der Waals surface area contributed by atoms with Gasteiger partial charge in [0.1, 0.15) is 5.58 Å². The zero-order valence-electron chi connectivity index (χ0n) is 19.3. The number of sulfonamides is 1. The normalized spacial score (nSPS) is 15.3. The molecule has 0 aliphatic carbocycles. The third-order valence-electron chi connectivity index (χ3n) is 6.05. The van der Waals surface area contributed by atoms with Crippen molar-refractivity contribution in [1.29, 1.82) is 0 Å². The monoisotopic (exact) mass is 470 g/mol. The van der Waals surface area contributed by atoms with E-state index in [2.05, 4.69) is 32.2 Å². The summed E-state index contributed by atoms with van der Waals surface area (Å²) >= 11 is 0. The van der Waals surface area contributed by atoms with Crippen LogP contribution in [0.4, 0.5) is 0 Å². The van der Waals surface area contributed by atoms with E-state index >= 15 is 0 Å². The number of ether oxygens (including phenoxy) is 1. The summed E-state index contributed by atoms with van der Waals surface area (Å²) in [5, 5.41) is 3.82. The lowest BCUT2D eigenvalue weighted by atomic mass is 9.95. The molecule has 7 nitrogen and oxygen atoms in total. The van der Waals surface area contributed by atoms with Gasteiger partial charge < -0.3 is 14.5 Å². The summed E-state index contributed by atoms with van der Waals surface area (Å²) in [6, 6.07) is 10.9. The van der Waals surface area contributed by atoms with Gasteiger partial charge in [-0.15, -0.1) is 0 Å². The number of benzene rings is 2. The van der Waals surface area contributed by atoms with Crippen molar-refractivity contribution in [2.45, 2.75) is 44.6 Å². The van der Waals surface area contributed by atoms with Crippen LogP contribution in [0.5, 0.6) is 0 Å². The van der Waals surface area contributed by atoms with Crippen molar-refractivity contribution in [3.05, 3.63) is 64.9 Å². The maximum atomic E-state index is 13.1. The fourth-order valence-corrected chi connectivity index (χ4v) is 5.89. The van der Waals surface area contributed by atoms with E-state index in [-0.39, 0.29) is 23.8 Å². The molecular formula is C25H30N2O5S. The molecule has 3 aromatic rings. The molecule has 1 fully saturated rings. The lowest BCUT2D eigenvalue weighted by molar-refractivity contribution is -0.120. The molecule has 0 unspecified atom stereocenters. The Hall–Kier alpha value is -2.68. The number of hydrogen-bond acceptors (Lipinski definition) is 5. The van der Waals surface area contributed by atoms with E-state index in [0.29, 0.717) is 37.8 Å². The highest BCUT2D eigenvalue weighted by Crippen LogP contribution is 2.29. The van der Waals surface area contributed by atoms with Crippen molar-refractivity contribution in [2.24, 2.45) is 0 Å². The molecular weight excluding hydrogens is 440 g/mol. The first-order valence-corrected chi connectivity index (χ1v) is 12.6. The molecule has 0 radical (unpaired) electrons. The molecule has 8 heteroatoms. The lowest BCUT2D eigenvalue weighted by Crippen LogP contribution is -2.41. The van der Waals surface area contributed by atoms with Crippen LogP contribution in [0.15, 0.2) is 52.0 Å². The average molecular weight is 471 g/mol. The number of furan rings is 1. The van der Waals surface area contributed by atoms with Crippen LogP contribution in [0.2, 0.25) is 0 Å². The minimum Gasteiger partial charge on any atom is -0.464 e. The topological polar surface area (TPSA) is 88.8 Å². The zero-order chi connectivity index (χ0) is 23.6. The Balaban J connectivity index is 1.49. The van der Waals surface area contributed by atoms with E-state index in [0.717, 1.165) is 16.5 Å². The summed E-state index contributed by atoms with van der Waals surface area (Å²) in [6.45, 7) is 7.90. The molecule has 2 heterocycles. The number of fused-ring (bicyclic) bond motifs is 1. The minimum atomic E-state index is -3.65. The van der Waals surface area contributed by atoms with Crippen LogP contribution >= 0.6 is 0 Å². The van der Waals surface area contributed by atoms with Crippen LogP contribution in [0.1, 0.15) is 42.0 Å². The van der Waals surface area contributed by atoms with Crippen molar-refractivity contribution in [2.75, 3.05) is 26.3 Å². The molecule has 176 valence electrons. The van der Waals surface area contributed by atoms with Gasteiger partial charge in [0.05, 0.1) is 30.8 Å². The van der Waals surface area contributed by atoms with Crippen LogP contribution in [0.25, 0.3) is 11.0 Å². The van der Waals surface area contributed by atoms with Gasteiger partial charge in [0.2, 0.25) is 15.9 Å². The largest absolute Gasteiger partial charge is 0.464 e. The molecule has 0 saturated carbocycles. The highest BCUT2D eigenvalue weighted by Gasteiger charge is 2.28. The standard InChI is InChI=1S/C25H30N2O5S/c1-17(2)21-14-22-20(16-32-23(22)12-18(21)3)13-25(28)26-15-19-6-4-5-7-24(19)33(29,30)27-8-10-31-11-9-27/h4-7,12,14,16-17H,8-11,13,15H2,1-3H3,(H,26,28). The van der Waals surface area contributed by atoms with E-state index < -0.39 is 10.0 Å². The summed E-state index contributed by atoms with van der Waals surface area (Å²) in [5.74, 6) is 0.179. The molecule has 0 spiro atoms. The number of morpholine rings is 1. The molecule has 0 atom stereocenters. The van der Waals surface area contributed by atoms with Crippen LogP contribution in [0.3, 0.4) is 0 Å². The molecule has 1 amide bonds. The van der Waals surface area contributed by atoms with Crippen molar-refractivity contribution >= 4 is 26.9 Å². The Labute approximate surface area is 194 Å². The first-order valence-electron chi connectivity index (χ1n) is 11.2. The summed E-state index contributed by atoms with van der Waals surface area (Å²) in [7, 11) is -3.65. The minimum absolute atomic E-state index is 0.130. The summed E-state index contributed by atoms with van der Waals surface area (Å²) in [4.78, 5) is 13.0. The maximum absolute atomic E-state index is 13.1. The number of nitrogens with zero attached hydrogens (tertiary/aromatic N) is 1. The molecule has 1 aliphatic heterocycles. The molecule has 1 aromatic heterocycles. The van der Waals surface area contributed by atoms with Crippen LogP contribution in [0, 0.1) is 6.92 Å². The average Bonchev–Trinajstić information content (AvgIpc) is 3.18. The molecule has 33 heavy (non-hydrogen) atoms. The Morgan fingerprint density at radius 3 is 2.58 bits per heavy atom. The Bertz CT molecular complexity index is 1260. The third-order valence-corrected chi connectivity index (χ3v) is 8.05. The number of aryl methyl sites for hydroxylation is 1. The molecule has 1 saturated heterocycles. The second-order valence-corrected chi connectivity index (χ2v) is 10.6. The maximum Gasteiger partial charge on any atom is 0.243 e. The predicted octanol–water partition coefficient (Wildman–Crippen LogP) is 3.74. The number of hydrogen-bond donors (Lipinski definition) is 1. The second kappa shape index (κ2) is 9.67. The SMILES string of the molecule is Cc1cc2occ(CC(=O)NCc3ccccc3S(=O)(=O)N3CCOCC3)c2cc1C(C)C. The molecule has 0 bridgehead atoms. The van der Waals surface area contributed by atoms with Gasteiger partial charge in [0, 0.05) is 30.6 Å². The molecule has 2 aromatic carbocycles. The van der Waals surface area contributed by atoms with Gasteiger partial charge in [-0.3, -0.25) is 4.79 Å². The number of amides is 1. The Morgan fingerprint density at radius 1 is 1.12 bits per heavy atom. The first kappa shape index (κ1) is 23.5. The van der Waals surface area contributed by atoms with Gasteiger partial charge in [0.25, 0.3) is 0 Å². The van der Waals surface area contributed by atoms with Crippen LogP contribution in [-0.4, -0.2) is 44.9 Å². The quantitative estimate of drug-likeness (QED) is 0.568. The van der Waals surface area contributed by atoms with Gasteiger partial charge in [-0.25, -0.2) is 8.42 Å². The van der Waals surface area contributed by atoms with E-state index in [9.17, 15) is 13.2 Å². The Kier molecular flexibility index (Phi) is 6.88. The van der Waals surface area contributed by atoms with E-state index in [1.54, 1.807) is 30.5 Å². The Morgan fingerprint density at radius 2 is 1.85 bits per heavy atom. The highest BCUT2D eigenvalue weighted by atomic mass is 32.2. The number of carbonyl (C=O) groups is 1. The van der Waals surface area contributed by atoms with Crippen molar-refractivity contribution in [3.63, 3.8) is 0 Å². The van der Waals surface area contributed by atoms with Crippen molar-refractivity contribution < 1.29 is 22.4 Å². The van der Waals surface area contributed by atoms with Crippen LogP contribution < -0.4 is 5.32 Å².